The van der Waals surface area contributed by atoms with Crippen LogP contribution in [0.25, 0.3) is 0 Å². The van der Waals surface area contributed by atoms with Crippen LogP contribution in [-0.4, -0.2) is 30.5 Å². The van der Waals surface area contributed by atoms with Gasteiger partial charge < -0.3 is 0 Å². The standard InChI is InChI=1S/C16H17ClN6O/c1-10-14(11(2)22(3)20-10)15(24)19-16-18-9-23(21-16)8-12-5-4-6-13(17)7-12/h4-7,9H,8H2,1-3H3,(H,19,21,24). The molecule has 1 N–H and O–H groups in total. The van der Waals surface area contributed by atoms with E-state index in [1.807, 2.05) is 31.2 Å². The number of amides is 1. The molecule has 3 rings (SSSR count). The number of aromatic nitrogens is 5. The van der Waals surface area contributed by atoms with Gasteiger partial charge in [-0.2, -0.15) is 5.10 Å². The first-order chi connectivity index (χ1) is 11.4. The Bertz CT molecular complexity index is 898. The molecule has 1 aromatic carbocycles. The fourth-order valence-electron chi connectivity index (χ4n) is 2.52. The van der Waals surface area contributed by atoms with Crippen molar-refractivity contribution in [1.29, 1.82) is 0 Å². The van der Waals surface area contributed by atoms with Crippen LogP contribution >= 0.6 is 11.6 Å². The van der Waals surface area contributed by atoms with E-state index < -0.39 is 0 Å². The van der Waals surface area contributed by atoms with Crippen molar-refractivity contribution in [3.63, 3.8) is 0 Å². The van der Waals surface area contributed by atoms with E-state index in [4.69, 9.17) is 11.6 Å². The van der Waals surface area contributed by atoms with Gasteiger partial charge in [0.2, 0.25) is 5.95 Å². The molecular weight excluding hydrogens is 328 g/mol. The molecule has 0 atom stereocenters. The number of carbonyl (C=O) groups is 1. The Kier molecular flexibility index (Phi) is 4.35. The van der Waals surface area contributed by atoms with Crippen molar-refractivity contribution in [1.82, 2.24) is 24.5 Å². The lowest BCUT2D eigenvalue weighted by atomic mass is 10.2. The van der Waals surface area contributed by atoms with Crippen molar-refractivity contribution in [3.05, 3.63) is 58.1 Å². The lowest BCUT2D eigenvalue weighted by molar-refractivity contribution is 0.102. The molecule has 0 aliphatic heterocycles. The normalized spacial score (nSPS) is 10.8. The summed E-state index contributed by atoms with van der Waals surface area (Å²) in [5.41, 5.74) is 3.02. The zero-order valence-corrected chi connectivity index (χ0v) is 14.4. The van der Waals surface area contributed by atoms with Gasteiger partial charge in [0, 0.05) is 17.8 Å². The molecule has 0 unspecified atom stereocenters. The Morgan fingerprint density at radius 1 is 1.29 bits per heavy atom. The molecule has 1 amide bonds. The maximum absolute atomic E-state index is 12.4. The molecule has 0 fully saturated rings. The lowest BCUT2D eigenvalue weighted by Gasteiger charge is -2.03. The van der Waals surface area contributed by atoms with Gasteiger partial charge in [-0.15, -0.1) is 5.10 Å². The molecule has 0 radical (unpaired) electrons. The maximum atomic E-state index is 12.4. The summed E-state index contributed by atoms with van der Waals surface area (Å²) in [7, 11) is 1.80. The highest BCUT2D eigenvalue weighted by Gasteiger charge is 2.18. The van der Waals surface area contributed by atoms with Crippen LogP contribution in [0.15, 0.2) is 30.6 Å². The molecular formula is C16H17ClN6O. The molecule has 2 heterocycles. The number of nitrogens with one attached hydrogen (secondary N) is 1. The van der Waals surface area contributed by atoms with E-state index in [9.17, 15) is 4.79 Å². The summed E-state index contributed by atoms with van der Waals surface area (Å²) >= 11 is 5.97. The lowest BCUT2D eigenvalue weighted by Crippen LogP contribution is -2.15. The van der Waals surface area contributed by atoms with Crippen molar-refractivity contribution < 1.29 is 4.79 Å². The van der Waals surface area contributed by atoms with E-state index >= 15 is 0 Å². The van der Waals surface area contributed by atoms with E-state index in [0.29, 0.717) is 22.8 Å². The first kappa shape index (κ1) is 16.2. The van der Waals surface area contributed by atoms with Crippen LogP contribution in [0.2, 0.25) is 5.02 Å². The number of hydrogen-bond donors (Lipinski definition) is 1. The van der Waals surface area contributed by atoms with Crippen molar-refractivity contribution in [2.75, 3.05) is 5.32 Å². The third-order valence-corrected chi connectivity index (χ3v) is 3.97. The van der Waals surface area contributed by atoms with Crippen molar-refractivity contribution in [2.45, 2.75) is 20.4 Å². The zero-order valence-electron chi connectivity index (χ0n) is 13.6. The molecule has 24 heavy (non-hydrogen) atoms. The number of halogens is 1. The van der Waals surface area contributed by atoms with Gasteiger partial charge in [-0.1, -0.05) is 23.7 Å². The molecule has 124 valence electrons. The SMILES string of the molecule is Cc1nn(C)c(C)c1C(=O)Nc1ncn(Cc2cccc(Cl)c2)n1. The van der Waals surface area contributed by atoms with E-state index in [-0.39, 0.29) is 11.9 Å². The van der Waals surface area contributed by atoms with Crippen molar-refractivity contribution in [2.24, 2.45) is 7.05 Å². The molecule has 0 bridgehead atoms. The molecule has 7 nitrogen and oxygen atoms in total. The third kappa shape index (κ3) is 3.30. The fraction of sp³-hybridized carbons (Fsp3) is 0.250. The van der Waals surface area contributed by atoms with Gasteiger partial charge in [-0.3, -0.25) is 14.8 Å². The van der Waals surface area contributed by atoms with Gasteiger partial charge in [-0.05, 0) is 31.5 Å². The molecule has 0 aliphatic carbocycles. The summed E-state index contributed by atoms with van der Waals surface area (Å²) in [5.74, 6) is -0.0108. The highest BCUT2D eigenvalue weighted by atomic mass is 35.5. The topological polar surface area (TPSA) is 77.6 Å². The summed E-state index contributed by atoms with van der Waals surface area (Å²) in [6.07, 6.45) is 1.57. The van der Waals surface area contributed by atoms with Crippen LogP contribution in [0.5, 0.6) is 0 Å². The number of hydrogen-bond acceptors (Lipinski definition) is 4. The summed E-state index contributed by atoms with van der Waals surface area (Å²) in [6, 6.07) is 7.51. The summed E-state index contributed by atoms with van der Waals surface area (Å²) in [5, 5.41) is 11.9. The minimum atomic E-state index is -0.265. The van der Waals surface area contributed by atoms with Crippen LogP contribution < -0.4 is 5.32 Å². The second kappa shape index (κ2) is 6.45. The van der Waals surface area contributed by atoms with Crippen molar-refractivity contribution >= 4 is 23.5 Å². The molecule has 2 aromatic heterocycles. The maximum Gasteiger partial charge on any atom is 0.261 e. The van der Waals surface area contributed by atoms with Crippen LogP contribution in [0, 0.1) is 13.8 Å². The van der Waals surface area contributed by atoms with E-state index in [1.165, 1.54) is 0 Å². The minimum absolute atomic E-state index is 0.254. The zero-order chi connectivity index (χ0) is 17.3. The van der Waals surface area contributed by atoms with Gasteiger partial charge in [-0.25, -0.2) is 9.67 Å². The highest BCUT2D eigenvalue weighted by molar-refractivity contribution is 6.30. The van der Waals surface area contributed by atoms with Gasteiger partial charge in [0.1, 0.15) is 6.33 Å². The Balaban J connectivity index is 1.73. The molecule has 0 aliphatic rings. The molecule has 0 spiro atoms. The first-order valence-corrected chi connectivity index (χ1v) is 7.77. The summed E-state index contributed by atoms with van der Waals surface area (Å²) in [4.78, 5) is 16.5. The number of aryl methyl sites for hydroxylation is 2. The van der Waals surface area contributed by atoms with E-state index in [0.717, 1.165) is 11.3 Å². The number of carbonyl (C=O) groups excluding carboxylic acids is 1. The fourth-order valence-corrected chi connectivity index (χ4v) is 2.73. The predicted octanol–water partition coefficient (Wildman–Crippen LogP) is 2.58. The Hall–Kier alpha value is -2.67. The second-order valence-corrected chi connectivity index (χ2v) is 5.96. The quantitative estimate of drug-likeness (QED) is 0.789. The number of anilines is 1. The Morgan fingerprint density at radius 2 is 2.08 bits per heavy atom. The van der Waals surface area contributed by atoms with Crippen LogP contribution in [0.1, 0.15) is 27.3 Å². The average Bonchev–Trinajstić information content (AvgIpc) is 3.04. The first-order valence-electron chi connectivity index (χ1n) is 7.39. The van der Waals surface area contributed by atoms with E-state index in [2.05, 4.69) is 20.5 Å². The third-order valence-electron chi connectivity index (χ3n) is 3.73. The second-order valence-electron chi connectivity index (χ2n) is 5.52. The van der Waals surface area contributed by atoms with Gasteiger partial charge in [0.25, 0.3) is 5.91 Å². The summed E-state index contributed by atoms with van der Waals surface area (Å²) in [6.45, 7) is 4.17. The highest BCUT2D eigenvalue weighted by Crippen LogP contribution is 2.14. The summed E-state index contributed by atoms with van der Waals surface area (Å²) < 4.78 is 3.32. The molecule has 0 saturated heterocycles. The number of benzene rings is 1. The predicted molar refractivity (Wildman–Crippen MR) is 91.2 cm³/mol. The van der Waals surface area contributed by atoms with Gasteiger partial charge in [0.15, 0.2) is 0 Å². The van der Waals surface area contributed by atoms with Gasteiger partial charge in [0.05, 0.1) is 17.8 Å². The Labute approximate surface area is 144 Å². The van der Waals surface area contributed by atoms with Crippen LogP contribution in [0.3, 0.4) is 0 Å². The average molecular weight is 345 g/mol. The minimum Gasteiger partial charge on any atom is -0.289 e. The van der Waals surface area contributed by atoms with Gasteiger partial charge >= 0.3 is 0 Å². The largest absolute Gasteiger partial charge is 0.289 e. The molecule has 3 aromatic rings. The number of rotatable bonds is 4. The Morgan fingerprint density at radius 3 is 2.75 bits per heavy atom. The number of nitrogens with zero attached hydrogens (tertiary/aromatic N) is 5. The van der Waals surface area contributed by atoms with Crippen LogP contribution in [-0.2, 0) is 13.6 Å². The van der Waals surface area contributed by atoms with E-state index in [1.54, 1.807) is 29.7 Å². The van der Waals surface area contributed by atoms with Crippen LogP contribution in [0.4, 0.5) is 5.95 Å². The molecule has 8 heteroatoms. The monoisotopic (exact) mass is 344 g/mol. The molecule has 0 saturated carbocycles. The van der Waals surface area contributed by atoms with Crippen molar-refractivity contribution in [3.8, 4) is 0 Å². The smallest absolute Gasteiger partial charge is 0.261 e.